The van der Waals surface area contributed by atoms with E-state index in [1.807, 2.05) is 12.1 Å². The number of rotatable bonds is 9. The van der Waals surface area contributed by atoms with E-state index in [0.717, 1.165) is 13.1 Å². The monoisotopic (exact) mass is 248 g/mol. The van der Waals surface area contributed by atoms with Crippen molar-refractivity contribution >= 4 is 9.52 Å². The molecule has 0 bridgehead atoms. The molecule has 1 atom stereocenters. The van der Waals surface area contributed by atoms with Gasteiger partial charge in [-0.25, -0.2) is 0 Å². The highest BCUT2D eigenvalue weighted by Crippen LogP contribution is 2.12. The van der Waals surface area contributed by atoms with Gasteiger partial charge in [-0.15, -0.1) is 6.58 Å². The van der Waals surface area contributed by atoms with Crippen LogP contribution in [0.1, 0.15) is 18.0 Å². The number of benzene rings is 1. The fraction of sp³-hybridized carbons (Fsp3) is 0.429. The third kappa shape index (κ3) is 5.82. The van der Waals surface area contributed by atoms with Gasteiger partial charge in [0, 0.05) is 9.52 Å². The van der Waals surface area contributed by atoms with E-state index >= 15 is 0 Å². The van der Waals surface area contributed by atoms with E-state index in [-0.39, 0.29) is 15.6 Å². The minimum absolute atomic E-state index is 0.106. The molecule has 94 valence electrons. The fourth-order valence-corrected chi connectivity index (χ4v) is 3.12. The Morgan fingerprint density at radius 1 is 1.29 bits per heavy atom. The predicted molar refractivity (Wildman–Crippen MR) is 79.2 cm³/mol. The Bertz CT molecular complexity index is 300. The van der Waals surface area contributed by atoms with Gasteiger partial charge in [0.05, 0.1) is 6.04 Å². The minimum atomic E-state index is 0.106. The Balaban J connectivity index is 2.22. The van der Waals surface area contributed by atoms with Crippen molar-refractivity contribution in [3.63, 3.8) is 0 Å². The summed E-state index contributed by atoms with van der Waals surface area (Å²) in [6.07, 6.45) is 3.25. The second-order valence-corrected chi connectivity index (χ2v) is 6.40. The Labute approximate surface area is 107 Å². The van der Waals surface area contributed by atoms with Crippen LogP contribution in [0, 0.1) is 0 Å². The quantitative estimate of drug-likeness (QED) is 0.398. The lowest BCUT2D eigenvalue weighted by atomic mass is 10.1. The highest BCUT2D eigenvalue weighted by Gasteiger charge is 2.04. The standard InChI is InChI=1S/C14H24N2Si/c1-2-14(13-7-4-3-5-8-13)16-10-6-11-17-12-9-15/h2-5,7-8,14,16H,1,6,9-12,15,17H2. The smallest absolute Gasteiger partial charge is 0.0503 e. The van der Waals surface area contributed by atoms with E-state index in [4.69, 9.17) is 5.73 Å². The summed E-state index contributed by atoms with van der Waals surface area (Å²) in [4.78, 5) is 0. The van der Waals surface area contributed by atoms with Crippen LogP contribution in [0.5, 0.6) is 0 Å². The molecule has 1 rings (SSSR count). The molecule has 17 heavy (non-hydrogen) atoms. The molecule has 0 aliphatic heterocycles. The van der Waals surface area contributed by atoms with E-state index in [1.165, 1.54) is 24.1 Å². The highest BCUT2D eigenvalue weighted by atomic mass is 28.2. The summed E-state index contributed by atoms with van der Waals surface area (Å²) in [6, 6.07) is 13.4. The molecular weight excluding hydrogens is 224 g/mol. The maximum atomic E-state index is 5.49. The average molecular weight is 248 g/mol. The molecule has 1 aromatic rings. The molecule has 0 saturated carbocycles. The van der Waals surface area contributed by atoms with Crippen molar-refractivity contribution in [3.8, 4) is 0 Å². The van der Waals surface area contributed by atoms with Crippen LogP contribution in [0.15, 0.2) is 43.0 Å². The maximum absolute atomic E-state index is 5.49. The van der Waals surface area contributed by atoms with Crippen molar-refractivity contribution in [2.45, 2.75) is 24.6 Å². The third-order valence-corrected chi connectivity index (χ3v) is 4.80. The van der Waals surface area contributed by atoms with E-state index in [9.17, 15) is 0 Å². The van der Waals surface area contributed by atoms with Gasteiger partial charge in [0.15, 0.2) is 0 Å². The number of nitrogens with two attached hydrogens (primary N) is 1. The first-order valence-electron chi connectivity index (χ1n) is 6.49. The van der Waals surface area contributed by atoms with Gasteiger partial charge in [-0.2, -0.15) is 0 Å². The van der Waals surface area contributed by atoms with Crippen molar-refractivity contribution in [3.05, 3.63) is 48.6 Å². The summed E-state index contributed by atoms with van der Waals surface area (Å²) in [5.74, 6) is 0. The van der Waals surface area contributed by atoms with E-state index in [1.54, 1.807) is 0 Å². The van der Waals surface area contributed by atoms with Crippen molar-refractivity contribution in [1.29, 1.82) is 0 Å². The molecule has 2 nitrogen and oxygen atoms in total. The van der Waals surface area contributed by atoms with Gasteiger partial charge < -0.3 is 11.1 Å². The van der Waals surface area contributed by atoms with Crippen LogP contribution in [0.25, 0.3) is 0 Å². The van der Waals surface area contributed by atoms with Crippen molar-refractivity contribution < 1.29 is 0 Å². The first kappa shape index (κ1) is 14.2. The van der Waals surface area contributed by atoms with Gasteiger partial charge >= 0.3 is 0 Å². The number of hydrogen-bond acceptors (Lipinski definition) is 2. The van der Waals surface area contributed by atoms with Crippen LogP contribution in [-0.2, 0) is 0 Å². The molecule has 0 heterocycles. The van der Waals surface area contributed by atoms with Crippen LogP contribution in [0.3, 0.4) is 0 Å². The van der Waals surface area contributed by atoms with Crippen LogP contribution >= 0.6 is 0 Å². The lowest BCUT2D eigenvalue weighted by Crippen LogP contribution is -2.21. The first-order chi connectivity index (χ1) is 8.38. The topological polar surface area (TPSA) is 38.0 Å². The SMILES string of the molecule is C=CC(NCCC[SiH2]CCN)c1ccccc1. The summed E-state index contributed by atoms with van der Waals surface area (Å²) in [5, 5.41) is 3.54. The molecule has 0 aliphatic carbocycles. The largest absolute Gasteiger partial charge is 0.331 e. The Kier molecular flexibility index (Phi) is 7.63. The van der Waals surface area contributed by atoms with Crippen LogP contribution < -0.4 is 11.1 Å². The lowest BCUT2D eigenvalue weighted by Gasteiger charge is -2.14. The predicted octanol–water partition coefficient (Wildman–Crippen LogP) is 1.86. The molecule has 0 saturated heterocycles. The summed E-state index contributed by atoms with van der Waals surface area (Å²) in [7, 11) is 0.106. The second-order valence-electron chi connectivity index (χ2n) is 4.28. The third-order valence-electron chi connectivity index (χ3n) is 2.89. The maximum Gasteiger partial charge on any atom is 0.0503 e. The Hall–Kier alpha value is -0.903. The minimum Gasteiger partial charge on any atom is -0.331 e. The van der Waals surface area contributed by atoms with Crippen LogP contribution in [-0.4, -0.2) is 22.6 Å². The average Bonchev–Trinajstić information content (AvgIpc) is 2.39. The molecule has 0 fully saturated rings. The molecule has 3 heteroatoms. The van der Waals surface area contributed by atoms with Gasteiger partial charge in [0.1, 0.15) is 0 Å². The molecule has 1 aromatic carbocycles. The summed E-state index contributed by atoms with van der Waals surface area (Å²) in [5.41, 5.74) is 6.79. The Morgan fingerprint density at radius 2 is 2.06 bits per heavy atom. The van der Waals surface area contributed by atoms with Crippen molar-refractivity contribution in [2.24, 2.45) is 5.73 Å². The number of hydrogen-bond donors (Lipinski definition) is 2. The van der Waals surface area contributed by atoms with Gasteiger partial charge in [0.25, 0.3) is 0 Å². The normalized spacial score (nSPS) is 13.0. The Morgan fingerprint density at radius 3 is 2.71 bits per heavy atom. The zero-order valence-electron chi connectivity index (χ0n) is 10.6. The molecule has 0 radical (unpaired) electrons. The molecule has 0 aromatic heterocycles. The molecule has 0 spiro atoms. The fourth-order valence-electron chi connectivity index (χ4n) is 1.88. The lowest BCUT2D eigenvalue weighted by molar-refractivity contribution is 0.613. The molecule has 0 aliphatic rings. The molecule has 1 unspecified atom stereocenters. The van der Waals surface area contributed by atoms with Crippen LogP contribution in [0.2, 0.25) is 12.1 Å². The highest BCUT2D eigenvalue weighted by molar-refractivity contribution is 6.35. The first-order valence-corrected chi connectivity index (χ1v) is 8.49. The number of nitrogens with one attached hydrogen (secondary N) is 1. The van der Waals surface area contributed by atoms with E-state index in [0.29, 0.717) is 0 Å². The van der Waals surface area contributed by atoms with Gasteiger partial charge in [0.2, 0.25) is 0 Å². The zero-order chi connectivity index (χ0) is 12.3. The van der Waals surface area contributed by atoms with E-state index in [2.05, 4.69) is 36.2 Å². The van der Waals surface area contributed by atoms with Crippen molar-refractivity contribution in [1.82, 2.24) is 5.32 Å². The summed E-state index contributed by atoms with van der Waals surface area (Å²) in [6.45, 7) is 5.84. The zero-order valence-corrected chi connectivity index (χ0v) is 12.0. The molecule has 3 N–H and O–H groups in total. The molecular formula is C14H24N2Si. The molecule has 0 amide bonds. The van der Waals surface area contributed by atoms with Gasteiger partial charge in [-0.1, -0.05) is 48.5 Å². The summed E-state index contributed by atoms with van der Waals surface area (Å²) < 4.78 is 0. The van der Waals surface area contributed by atoms with Crippen molar-refractivity contribution in [2.75, 3.05) is 13.1 Å². The summed E-state index contributed by atoms with van der Waals surface area (Å²) >= 11 is 0. The van der Waals surface area contributed by atoms with E-state index < -0.39 is 0 Å². The van der Waals surface area contributed by atoms with Gasteiger partial charge in [-0.3, -0.25) is 0 Å². The van der Waals surface area contributed by atoms with Gasteiger partial charge in [-0.05, 0) is 25.1 Å². The second kappa shape index (κ2) is 9.16. The van der Waals surface area contributed by atoms with Crippen LogP contribution in [0.4, 0.5) is 0 Å².